The number of halogens is 1. The lowest BCUT2D eigenvalue weighted by Gasteiger charge is -2.04. The molecule has 0 saturated carbocycles. The van der Waals surface area contributed by atoms with Crippen molar-refractivity contribution in [2.24, 2.45) is 0 Å². The second-order valence-corrected chi connectivity index (χ2v) is 5.98. The minimum atomic E-state index is 0.808. The van der Waals surface area contributed by atoms with Crippen molar-refractivity contribution in [1.29, 1.82) is 0 Å². The van der Waals surface area contributed by atoms with Crippen molar-refractivity contribution >= 4 is 44.2 Å². The van der Waals surface area contributed by atoms with Crippen LogP contribution in [0.4, 0.5) is 0 Å². The van der Waals surface area contributed by atoms with Crippen LogP contribution in [0.2, 0.25) is 5.02 Å². The molecule has 96 valence electrons. The summed E-state index contributed by atoms with van der Waals surface area (Å²) < 4.78 is 2.46. The highest BCUT2D eigenvalue weighted by molar-refractivity contribution is 6.32. The van der Waals surface area contributed by atoms with Gasteiger partial charge in [0, 0.05) is 27.9 Å². The normalized spacial score (nSPS) is 13.8. The van der Waals surface area contributed by atoms with Crippen LogP contribution in [0.25, 0.3) is 32.6 Å². The van der Waals surface area contributed by atoms with Gasteiger partial charge < -0.3 is 4.57 Å². The molecule has 5 rings (SSSR count). The van der Waals surface area contributed by atoms with Crippen LogP contribution in [0.1, 0.15) is 5.56 Å². The van der Waals surface area contributed by atoms with E-state index in [1.54, 1.807) is 0 Å². The molecule has 0 amide bonds. The summed E-state index contributed by atoms with van der Waals surface area (Å²) in [6.45, 7) is 1.09. The first-order chi connectivity index (χ1) is 9.83. The second-order valence-electron chi connectivity index (χ2n) is 5.54. The second kappa shape index (κ2) is 3.56. The van der Waals surface area contributed by atoms with Crippen molar-refractivity contribution in [2.75, 3.05) is 0 Å². The Hall–Kier alpha value is -1.99. The van der Waals surface area contributed by atoms with Crippen LogP contribution in [0, 0.1) is 0 Å². The molecule has 0 radical (unpaired) electrons. The summed E-state index contributed by atoms with van der Waals surface area (Å²) >= 11 is 6.23. The lowest BCUT2D eigenvalue weighted by Crippen LogP contribution is -1.90. The van der Waals surface area contributed by atoms with Crippen LogP contribution >= 0.6 is 11.6 Å². The van der Waals surface area contributed by atoms with Gasteiger partial charge in [-0.15, -0.1) is 0 Å². The SMILES string of the molecule is Clc1ccc2cc3c4c(c2c1)c1ccccc1n4CC3. The molecular weight excluding hydrogens is 266 g/mol. The molecule has 0 atom stereocenters. The zero-order valence-electron chi connectivity index (χ0n) is 10.9. The zero-order valence-corrected chi connectivity index (χ0v) is 11.6. The fourth-order valence-electron chi connectivity index (χ4n) is 3.69. The van der Waals surface area contributed by atoms with Gasteiger partial charge in [-0.3, -0.25) is 0 Å². The molecule has 3 aromatic carbocycles. The van der Waals surface area contributed by atoms with Gasteiger partial charge in [0.2, 0.25) is 0 Å². The maximum Gasteiger partial charge on any atom is 0.0531 e. The molecule has 0 aliphatic carbocycles. The molecule has 0 spiro atoms. The van der Waals surface area contributed by atoms with Crippen LogP contribution in [0.15, 0.2) is 48.5 Å². The molecular formula is C18H12ClN. The predicted octanol–water partition coefficient (Wildman–Crippen LogP) is 5.16. The van der Waals surface area contributed by atoms with E-state index in [-0.39, 0.29) is 0 Å². The first-order valence-electron chi connectivity index (χ1n) is 6.95. The predicted molar refractivity (Wildman–Crippen MR) is 85.7 cm³/mol. The third-order valence-electron chi connectivity index (χ3n) is 4.49. The molecule has 1 aliphatic rings. The average Bonchev–Trinajstić information content (AvgIpc) is 3.02. The quantitative estimate of drug-likeness (QED) is 0.418. The molecule has 0 unspecified atom stereocenters. The van der Waals surface area contributed by atoms with Gasteiger partial charge in [-0.05, 0) is 47.0 Å². The number of para-hydroxylation sites is 1. The third kappa shape index (κ3) is 1.19. The van der Waals surface area contributed by atoms with Crippen molar-refractivity contribution in [3.05, 3.63) is 59.1 Å². The maximum atomic E-state index is 6.23. The highest BCUT2D eigenvalue weighted by Gasteiger charge is 2.21. The fourth-order valence-corrected chi connectivity index (χ4v) is 3.86. The number of hydrogen-bond acceptors (Lipinski definition) is 0. The number of nitrogens with zero attached hydrogens (tertiary/aromatic N) is 1. The number of aryl methyl sites for hydroxylation is 2. The van der Waals surface area contributed by atoms with E-state index in [0.29, 0.717) is 0 Å². The van der Waals surface area contributed by atoms with E-state index in [1.165, 1.54) is 38.1 Å². The summed E-state index contributed by atoms with van der Waals surface area (Å²) in [7, 11) is 0. The van der Waals surface area contributed by atoms with Crippen LogP contribution < -0.4 is 0 Å². The summed E-state index contributed by atoms with van der Waals surface area (Å²) in [5, 5.41) is 6.09. The molecule has 0 bridgehead atoms. The number of aromatic nitrogens is 1. The van der Waals surface area contributed by atoms with Gasteiger partial charge in [0.1, 0.15) is 0 Å². The minimum absolute atomic E-state index is 0.808. The summed E-state index contributed by atoms with van der Waals surface area (Å²) in [6, 6.07) is 17.2. The molecule has 1 aliphatic heterocycles. The Balaban J connectivity index is 2.19. The Labute approximate surface area is 121 Å². The van der Waals surface area contributed by atoms with E-state index in [1.807, 2.05) is 6.07 Å². The Bertz CT molecular complexity index is 1010. The van der Waals surface area contributed by atoms with Crippen LogP contribution in [0.5, 0.6) is 0 Å². The lowest BCUT2D eigenvalue weighted by atomic mass is 9.99. The van der Waals surface area contributed by atoms with Crippen LogP contribution in [-0.4, -0.2) is 4.57 Å². The van der Waals surface area contributed by atoms with E-state index >= 15 is 0 Å². The average molecular weight is 278 g/mol. The van der Waals surface area contributed by atoms with Crippen LogP contribution in [0.3, 0.4) is 0 Å². The summed E-state index contributed by atoms with van der Waals surface area (Å²) in [4.78, 5) is 0. The third-order valence-corrected chi connectivity index (χ3v) is 4.73. The van der Waals surface area contributed by atoms with Crippen molar-refractivity contribution in [3.63, 3.8) is 0 Å². The van der Waals surface area contributed by atoms with Gasteiger partial charge in [-0.2, -0.15) is 0 Å². The van der Waals surface area contributed by atoms with Crippen molar-refractivity contribution in [3.8, 4) is 0 Å². The number of fused-ring (bicyclic) bond motifs is 5. The Morgan fingerprint density at radius 1 is 0.950 bits per heavy atom. The van der Waals surface area contributed by atoms with Gasteiger partial charge in [0.25, 0.3) is 0 Å². The summed E-state index contributed by atoms with van der Waals surface area (Å²) in [5.74, 6) is 0. The molecule has 4 aromatic rings. The number of rotatable bonds is 0. The highest BCUT2D eigenvalue weighted by atomic mass is 35.5. The molecule has 0 saturated heterocycles. The largest absolute Gasteiger partial charge is 0.340 e. The lowest BCUT2D eigenvalue weighted by molar-refractivity contribution is 0.796. The van der Waals surface area contributed by atoms with E-state index in [4.69, 9.17) is 11.6 Å². The minimum Gasteiger partial charge on any atom is -0.340 e. The molecule has 1 nitrogen and oxygen atoms in total. The first kappa shape index (κ1) is 10.8. The molecule has 0 fully saturated rings. The number of hydrogen-bond donors (Lipinski definition) is 0. The van der Waals surface area contributed by atoms with E-state index in [9.17, 15) is 0 Å². The first-order valence-corrected chi connectivity index (χ1v) is 7.33. The van der Waals surface area contributed by atoms with Crippen molar-refractivity contribution in [2.45, 2.75) is 13.0 Å². The van der Waals surface area contributed by atoms with Crippen molar-refractivity contribution < 1.29 is 0 Å². The smallest absolute Gasteiger partial charge is 0.0531 e. The summed E-state index contributed by atoms with van der Waals surface area (Å²) in [6.07, 6.45) is 1.13. The van der Waals surface area contributed by atoms with Gasteiger partial charge >= 0.3 is 0 Å². The van der Waals surface area contributed by atoms with E-state index in [0.717, 1.165) is 18.0 Å². The number of benzene rings is 3. The van der Waals surface area contributed by atoms with E-state index in [2.05, 4.69) is 47.0 Å². The Morgan fingerprint density at radius 3 is 2.80 bits per heavy atom. The Kier molecular flexibility index (Phi) is 1.91. The molecule has 1 aromatic heterocycles. The maximum absolute atomic E-state index is 6.23. The van der Waals surface area contributed by atoms with Gasteiger partial charge in [-0.1, -0.05) is 35.9 Å². The standard InChI is InChI=1S/C18H12ClN/c19-13-6-5-11-9-12-7-8-20-16-4-2-1-3-14(16)17(18(12)20)15(11)10-13/h1-6,9-10H,7-8H2. The monoisotopic (exact) mass is 277 g/mol. The molecule has 0 N–H and O–H groups in total. The van der Waals surface area contributed by atoms with E-state index < -0.39 is 0 Å². The zero-order chi connectivity index (χ0) is 13.3. The molecule has 20 heavy (non-hydrogen) atoms. The molecule has 2 heteroatoms. The fraction of sp³-hybridized carbons (Fsp3) is 0.111. The molecule has 2 heterocycles. The van der Waals surface area contributed by atoms with Gasteiger partial charge in [-0.25, -0.2) is 0 Å². The Morgan fingerprint density at radius 2 is 1.85 bits per heavy atom. The van der Waals surface area contributed by atoms with Crippen molar-refractivity contribution in [1.82, 2.24) is 4.57 Å². The topological polar surface area (TPSA) is 4.93 Å². The van der Waals surface area contributed by atoms with Gasteiger partial charge in [0.05, 0.1) is 5.52 Å². The summed E-state index contributed by atoms with van der Waals surface area (Å²) in [5.41, 5.74) is 4.21. The van der Waals surface area contributed by atoms with Gasteiger partial charge in [0.15, 0.2) is 0 Å². The van der Waals surface area contributed by atoms with Crippen LogP contribution in [-0.2, 0) is 13.0 Å². The highest BCUT2D eigenvalue weighted by Crippen LogP contribution is 2.40.